The topological polar surface area (TPSA) is 47.6 Å². The van der Waals surface area contributed by atoms with Crippen LogP contribution in [-0.2, 0) is 22.7 Å². The number of para-hydroxylation sites is 1. The molecule has 0 fully saturated rings. The van der Waals surface area contributed by atoms with Crippen LogP contribution in [-0.4, -0.2) is 12.0 Å². The van der Waals surface area contributed by atoms with Crippen LogP contribution >= 0.6 is 0 Å². The van der Waals surface area contributed by atoms with E-state index in [-0.39, 0.29) is 5.91 Å². The molecular weight excluding hydrogens is 254 g/mol. The first-order valence-corrected chi connectivity index (χ1v) is 6.53. The highest BCUT2D eigenvalue weighted by Crippen LogP contribution is 2.28. The second-order valence-electron chi connectivity index (χ2n) is 4.66. The maximum atomic E-state index is 11.9. The Morgan fingerprint density at radius 1 is 1.15 bits per heavy atom. The molecule has 1 aliphatic heterocycles. The maximum absolute atomic E-state index is 11.9. The molecule has 0 radical (unpaired) electrons. The van der Waals surface area contributed by atoms with Gasteiger partial charge in [-0.3, -0.25) is 9.63 Å². The molecule has 20 heavy (non-hydrogen) atoms. The third kappa shape index (κ3) is 2.81. The molecule has 0 aromatic heterocycles. The first-order chi connectivity index (χ1) is 9.83. The van der Waals surface area contributed by atoms with Gasteiger partial charge in [0.05, 0.1) is 6.61 Å². The van der Waals surface area contributed by atoms with Gasteiger partial charge in [0.2, 0.25) is 0 Å². The maximum Gasteiger partial charge on any atom is 0.284 e. The molecule has 0 saturated carbocycles. The van der Waals surface area contributed by atoms with E-state index >= 15 is 0 Å². The minimum absolute atomic E-state index is 0.253. The van der Waals surface area contributed by atoms with Gasteiger partial charge in [-0.25, -0.2) is 5.48 Å². The Morgan fingerprint density at radius 3 is 2.70 bits per heavy atom. The minimum atomic E-state index is -0.511. The van der Waals surface area contributed by atoms with Crippen molar-refractivity contribution in [2.24, 2.45) is 0 Å². The fourth-order valence-electron chi connectivity index (χ4n) is 2.16. The molecule has 3 rings (SSSR count). The Kier molecular flexibility index (Phi) is 3.65. The Labute approximate surface area is 117 Å². The zero-order chi connectivity index (χ0) is 13.8. The van der Waals surface area contributed by atoms with Crippen LogP contribution in [0.2, 0.25) is 0 Å². The van der Waals surface area contributed by atoms with Crippen LogP contribution in [0.5, 0.6) is 5.75 Å². The predicted octanol–water partition coefficient (Wildman–Crippen LogP) is 2.24. The van der Waals surface area contributed by atoms with E-state index in [9.17, 15) is 4.79 Å². The van der Waals surface area contributed by atoms with E-state index in [4.69, 9.17) is 9.57 Å². The fourth-order valence-corrected chi connectivity index (χ4v) is 2.16. The molecule has 1 aliphatic rings. The molecular formula is C16H15NO3. The molecule has 2 aromatic rings. The van der Waals surface area contributed by atoms with Crippen LogP contribution in [0.3, 0.4) is 0 Å². The van der Waals surface area contributed by atoms with Crippen molar-refractivity contribution in [2.45, 2.75) is 19.1 Å². The molecule has 0 unspecified atom stereocenters. The number of hydrogen-bond donors (Lipinski definition) is 1. The summed E-state index contributed by atoms with van der Waals surface area (Å²) in [4.78, 5) is 17.2. The molecule has 4 heteroatoms. The fraction of sp³-hybridized carbons (Fsp3) is 0.188. The lowest BCUT2D eigenvalue weighted by atomic mass is 10.1. The zero-order valence-corrected chi connectivity index (χ0v) is 10.9. The summed E-state index contributed by atoms with van der Waals surface area (Å²) in [5.41, 5.74) is 4.50. The quantitative estimate of drug-likeness (QED) is 0.866. The van der Waals surface area contributed by atoms with Crippen molar-refractivity contribution in [1.82, 2.24) is 5.48 Å². The smallest absolute Gasteiger partial charge is 0.284 e. The van der Waals surface area contributed by atoms with Crippen LogP contribution in [0, 0.1) is 0 Å². The van der Waals surface area contributed by atoms with E-state index in [1.807, 2.05) is 54.6 Å². The molecule has 1 heterocycles. The number of carbonyl (C=O) groups is 1. The highest BCUT2D eigenvalue weighted by atomic mass is 16.7. The number of nitrogens with one attached hydrogen (secondary N) is 1. The van der Waals surface area contributed by atoms with Gasteiger partial charge in [0.1, 0.15) is 5.75 Å². The van der Waals surface area contributed by atoms with E-state index < -0.39 is 6.10 Å². The van der Waals surface area contributed by atoms with Gasteiger partial charge in [0.15, 0.2) is 6.10 Å². The van der Waals surface area contributed by atoms with E-state index in [0.717, 1.165) is 16.9 Å². The van der Waals surface area contributed by atoms with Gasteiger partial charge >= 0.3 is 0 Å². The summed E-state index contributed by atoms with van der Waals surface area (Å²) in [7, 11) is 0. The van der Waals surface area contributed by atoms with Crippen molar-refractivity contribution in [1.29, 1.82) is 0 Å². The van der Waals surface area contributed by atoms with Crippen LogP contribution in [0.4, 0.5) is 0 Å². The van der Waals surface area contributed by atoms with Gasteiger partial charge in [-0.2, -0.15) is 0 Å². The third-order valence-corrected chi connectivity index (χ3v) is 3.19. The molecule has 1 amide bonds. The van der Waals surface area contributed by atoms with Crippen molar-refractivity contribution >= 4 is 5.91 Å². The van der Waals surface area contributed by atoms with Crippen LogP contribution in [0.25, 0.3) is 0 Å². The van der Waals surface area contributed by atoms with Crippen molar-refractivity contribution in [3.05, 3.63) is 65.7 Å². The molecule has 0 saturated heterocycles. The highest BCUT2D eigenvalue weighted by molar-refractivity contribution is 5.81. The van der Waals surface area contributed by atoms with Crippen LogP contribution in [0.1, 0.15) is 11.1 Å². The Balaban J connectivity index is 1.49. The predicted molar refractivity (Wildman–Crippen MR) is 73.9 cm³/mol. The summed E-state index contributed by atoms with van der Waals surface area (Å²) in [6.45, 7) is 0.340. The summed E-state index contributed by atoms with van der Waals surface area (Å²) in [5, 5.41) is 0. The normalized spacial score (nSPS) is 16.3. The minimum Gasteiger partial charge on any atom is -0.480 e. The summed E-state index contributed by atoms with van der Waals surface area (Å²) in [6.07, 6.45) is 0.0691. The first-order valence-electron chi connectivity index (χ1n) is 6.53. The van der Waals surface area contributed by atoms with Gasteiger partial charge in [-0.1, -0.05) is 48.5 Å². The molecule has 0 spiro atoms. The molecule has 4 nitrogen and oxygen atoms in total. The Morgan fingerprint density at radius 2 is 1.90 bits per heavy atom. The Bertz CT molecular complexity index is 573. The van der Waals surface area contributed by atoms with Gasteiger partial charge in [0, 0.05) is 6.42 Å². The lowest BCUT2D eigenvalue weighted by Crippen LogP contribution is -2.37. The number of fused-ring (bicyclic) bond motifs is 1. The lowest BCUT2D eigenvalue weighted by Gasteiger charge is -2.11. The molecule has 2 aromatic carbocycles. The van der Waals surface area contributed by atoms with E-state index in [0.29, 0.717) is 13.0 Å². The summed E-state index contributed by atoms with van der Waals surface area (Å²) >= 11 is 0. The van der Waals surface area contributed by atoms with Gasteiger partial charge in [0.25, 0.3) is 5.91 Å². The second-order valence-corrected chi connectivity index (χ2v) is 4.66. The van der Waals surface area contributed by atoms with Crippen LogP contribution in [0.15, 0.2) is 54.6 Å². The third-order valence-electron chi connectivity index (χ3n) is 3.19. The van der Waals surface area contributed by atoms with E-state index in [1.165, 1.54) is 0 Å². The van der Waals surface area contributed by atoms with Crippen molar-refractivity contribution in [3.63, 3.8) is 0 Å². The number of hydrogen-bond acceptors (Lipinski definition) is 3. The van der Waals surface area contributed by atoms with Gasteiger partial charge in [-0.15, -0.1) is 0 Å². The van der Waals surface area contributed by atoms with E-state index in [2.05, 4.69) is 5.48 Å². The zero-order valence-electron chi connectivity index (χ0n) is 10.9. The largest absolute Gasteiger partial charge is 0.480 e. The Hall–Kier alpha value is -2.33. The number of hydroxylamine groups is 1. The average molecular weight is 269 g/mol. The summed E-state index contributed by atoms with van der Waals surface area (Å²) in [5.74, 6) is 0.521. The number of amides is 1. The van der Waals surface area contributed by atoms with Gasteiger partial charge < -0.3 is 4.74 Å². The summed E-state index contributed by atoms with van der Waals surface area (Å²) < 4.78 is 5.58. The molecule has 0 bridgehead atoms. The molecule has 1 N–H and O–H groups in total. The second kappa shape index (κ2) is 5.75. The standard InChI is InChI=1S/C16H15NO3/c18-16(17-19-11-12-6-2-1-3-7-12)15-10-13-8-4-5-9-14(13)20-15/h1-9,15H,10-11H2,(H,17,18)/t15-/m1/s1. The number of ether oxygens (including phenoxy) is 1. The summed E-state index contributed by atoms with van der Waals surface area (Å²) in [6, 6.07) is 17.3. The van der Waals surface area contributed by atoms with Crippen LogP contribution < -0.4 is 10.2 Å². The van der Waals surface area contributed by atoms with Gasteiger partial charge in [-0.05, 0) is 17.2 Å². The highest BCUT2D eigenvalue weighted by Gasteiger charge is 2.28. The SMILES string of the molecule is O=C(NOCc1ccccc1)[C@H]1Cc2ccccc2O1. The number of carbonyl (C=O) groups excluding carboxylic acids is 1. The number of benzene rings is 2. The average Bonchev–Trinajstić information content (AvgIpc) is 2.92. The molecule has 0 aliphatic carbocycles. The van der Waals surface area contributed by atoms with E-state index in [1.54, 1.807) is 0 Å². The van der Waals surface area contributed by atoms with Crippen molar-refractivity contribution in [3.8, 4) is 5.75 Å². The number of rotatable bonds is 4. The monoisotopic (exact) mass is 269 g/mol. The molecule has 102 valence electrons. The first kappa shape index (κ1) is 12.7. The van der Waals surface area contributed by atoms with Crippen molar-refractivity contribution in [2.75, 3.05) is 0 Å². The van der Waals surface area contributed by atoms with Crippen molar-refractivity contribution < 1.29 is 14.4 Å². The molecule has 1 atom stereocenters. The lowest BCUT2D eigenvalue weighted by molar-refractivity contribution is -0.141.